The maximum atomic E-state index is 6.08. The third-order valence-corrected chi connectivity index (χ3v) is 12.3. The third-order valence-electron chi connectivity index (χ3n) is 12.3. The van der Waals surface area contributed by atoms with Gasteiger partial charge in [0.05, 0.1) is 34.4 Å². The van der Waals surface area contributed by atoms with E-state index in [2.05, 4.69) is 216 Å². The van der Waals surface area contributed by atoms with Crippen LogP contribution in [0.15, 0.2) is 223 Å². The normalized spacial score (nSPS) is 13.3. The molecular weight excluding hydrogens is 705 g/mol. The van der Waals surface area contributed by atoms with E-state index in [-0.39, 0.29) is 0 Å². The number of anilines is 6. The van der Waals surface area contributed by atoms with E-state index in [0.29, 0.717) is 0 Å². The molecule has 1 aliphatic heterocycles. The molecule has 1 aliphatic carbocycles. The molecule has 272 valence electrons. The molecular formula is C55H36N2O. The zero-order chi connectivity index (χ0) is 38.2. The molecule has 1 spiro atoms. The highest BCUT2D eigenvalue weighted by atomic mass is 16.3. The average molecular weight is 741 g/mol. The summed E-state index contributed by atoms with van der Waals surface area (Å²) in [7, 11) is 0. The van der Waals surface area contributed by atoms with Crippen molar-refractivity contribution < 1.29 is 4.42 Å². The van der Waals surface area contributed by atoms with E-state index in [1.807, 2.05) is 6.07 Å². The van der Waals surface area contributed by atoms with E-state index in [1.165, 1.54) is 50.1 Å². The molecule has 12 rings (SSSR count). The Kier molecular flexibility index (Phi) is 7.14. The van der Waals surface area contributed by atoms with Gasteiger partial charge in [0.25, 0.3) is 0 Å². The molecule has 9 aromatic carbocycles. The van der Waals surface area contributed by atoms with Crippen molar-refractivity contribution in [3.63, 3.8) is 0 Å². The Balaban J connectivity index is 1.15. The van der Waals surface area contributed by atoms with Gasteiger partial charge < -0.3 is 14.2 Å². The maximum absolute atomic E-state index is 6.08. The van der Waals surface area contributed by atoms with Gasteiger partial charge in [-0.05, 0) is 93.4 Å². The fourth-order valence-corrected chi connectivity index (χ4v) is 10.1. The van der Waals surface area contributed by atoms with E-state index >= 15 is 0 Å². The van der Waals surface area contributed by atoms with E-state index in [1.54, 1.807) is 6.26 Å². The minimum atomic E-state index is -0.559. The van der Waals surface area contributed by atoms with Crippen molar-refractivity contribution in [2.45, 2.75) is 5.41 Å². The molecule has 0 atom stereocenters. The molecule has 0 unspecified atom stereocenters. The molecule has 0 fully saturated rings. The van der Waals surface area contributed by atoms with Crippen molar-refractivity contribution >= 4 is 55.9 Å². The van der Waals surface area contributed by atoms with Crippen LogP contribution >= 0.6 is 0 Å². The number of nitrogens with zero attached hydrogens (tertiary/aromatic N) is 2. The van der Waals surface area contributed by atoms with Gasteiger partial charge in [0, 0.05) is 33.3 Å². The molecule has 58 heavy (non-hydrogen) atoms. The van der Waals surface area contributed by atoms with Gasteiger partial charge in [-0.15, -0.1) is 0 Å². The van der Waals surface area contributed by atoms with Crippen LogP contribution < -0.4 is 9.80 Å². The molecule has 0 radical (unpaired) electrons. The van der Waals surface area contributed by atoms with Crippen LogP contribution in [0.1, 0.15) is 22.3 Å². The number of fused-ring (bicyclic) bond motifs is 11. The number of rotatable bonds is 5. The molecule has 0 amide bonds. The highest BCUT2D eigenvalue weighted by Gasteiger charge is 2.52. The van der Waals surface area contributed by atoms with Crippen LogP contribution in [0.25, 0.3) is 44.0 Å². The van der Waals surface area contributed by atoms with E-state index in [4.69, 9.17) is 4.42 Å². The first kappa shape index (κ1) is 32.6. The molecule has 0 saturated carbocycles. The summed E-state index contributed by atoms with van der Waals surface area (Å²) >= 11 is 0. The summed E-state index contributed by atoms with van der Waals surface area (Å²) in [4.78, 5) is 4.92. The number of benzene rings is 9. The van der Waals surface area contributed by atoms with Crippen LogP contribution in [0.3, 0.4) is 0 Å². The van der Waals surface area contributed by atoms with Gasteiger partial charge in [0.15, 0.2) is 0 Å². The maximum Gasteiger partial charge on any atom is 0.141 e. The number of para-hydroxylation sites is 5. The number of furan rings is 1. The Morgan fingerprint density at radius 3 is 1.78 bits per heavy atom. The first-order valence-electron chi connectivity index (χ1n) is 19.9. The molecule has 10 aromatic rings. The third kappa shape index (κ3) is 4.50. The second-order valence-corrected chi connectivity index (χ2v) is 15.2. The first-order valence-corrected chi connectivity index (χ1v) is 19.9. The lowest BCUT2D eigenvalue weighted by atomic mass is 9.64. The van der Waals surface area contributed by atoms with Crippen LogP contribution in [0, 0.1) is 0 Å². The molecule has 3 nitrogen and oxygen atoms in total. The fourth-order valence-electron chi connectivity index (χ4n) is 10.1. The van der Waals surface area contributed by atoms with Crippen molar-refractivity contribution in [2.75, 3.05) is 9.80 Å². The van der Waals surface area contributed by atoms with Crippen LogP contribution in [0.5, 0.6) is 0 Å². The lowest BCUT2D eigenvalue weighted by Gasteiger charge is -2.45. The monoisotopic (exact) mass is 740 g/mol. The Hall–Kier alpha value is -7.62. The van der Waals surface area contributed by atoms with E-state index in [0.717, 1.165) is 50.2 Å². The summed E-state index contributed by atoms with van der Waals surface area (Å²) in [6, 6.07) is 77.5. The van der Waals surface area contributed by atoms with Crippen LogP contribution in [0.4, 0.5) is 34.1 Å². The van der Waals surface area contributed by atoms with Crippen molar-refractivity contribution in [3.8, 4) is 22.3 Å². The van der Waals surface area contributed by atoms with Gasteiger partial charge >= 0.3 is 0 Å². The molecule has 2 aliphatic rings. The molecule has 0 bridgehead atoms. The predicted molar refractivity (Wildman–Crippen MR) is 239 cm³/mol. The van der Waals surface area contributed by atoms with Crippen LogP contribution in [-0.4, -0.2) is 0 Å². The van der Waals surface area contributed by atoms with E-state index in [9.17, 15) is 0 Å². The Morgan fingerprint density at radius 1 is 0.397 bits per heavy atom. The lowest BCUT2D eigenvalue weighted by Crippen LogP contribution is -2.36. The summed E-state index contributed by atoms with van der Waals surface area (Å²) in [5.74, 6) is 0. The van der Waals surface area contributed by atoms with Gasteiger partial charge in [-0.25, -0.2) is 0 Å². The topological polar surface area (TPSA) is 19.6 Å². The first-order chi connectivity index (χ1) is 28.8. The van der Waals surface area contributed by atoms with Crippen molar-refractivity contribution in [3.05, 3.63) is 241 Å². The summed E-state index contributed by atoms with van der Waals surface area (Å²) in [6.45, 7) is 0. The summed E-state index contributed by atoms with van der Waals surface area (Å²) in [5, 5.41) is 3.44. The predicted octanol–water partition coefficient (Wildman–Crippen LogP) is 14.9. The Bertz CT molecular complexity index is 3150. The van der Waals surface area contributed by atoms with Crippen molar-refractivity contribution in [1.29, 1.82) is 0 Å². The van der Waals surface area contributed by atoms with Gasteiger partial charge in [-0.1, -0.05) is 158 Å². The average Bonchev–Trinajstić information content (AvgIpc) is 3.90. The molecule has 1 aromatic heterocycles. The summed E-state index contributed by atoms with van der Waals surface area (Å²) < 4.78 is 6.08. The smallest absolute Gasteiger partial charge is 0.141 e. The second-order valence-electron chi connectivity index (χ2n) is 15.2. The second kappa shape index (κ2) is 12.7. The summed E-state index contributed by atoms with van der Waals surface area (Å²) in [5.41, 5.74) is 17.1. The Morgan fingerprint density at radius 2 is 1.00 bits per heavy atom. The van der Waals surface area contributed by atoms with Gasteiger partial charge in [-0.3, -0.25) is 0 Å². The van der Waals surface area contributed by atoms with E-state index < -0.39 is 5.41 Å². The van der Waals surface area contributed by atoms with Gasteiger partial charge in [0.2, 0.25) is 0 Å². The SMILES string of the molecule is c1ccc(N2c3ccccc3C3(c4ccccc4-c4c(N(c5ccccc5)c5ccc(-c6cccc7ccoc67)c6ccccc56)cccc43)c3ccccc32)cc1. The standard InChI is InChI=1S/C55H36N2O/c1-3-18-38(19-4-1)56(49-34-33-41(40-22-7-8-23-42(40)49)43-25-15-17-37-35-36-58-54(37)43)52-32-16-29-48-53(52)44-24-9-10-26-45(44)55(48)46-27-11-13-30-50(46)57(39-20-5-2-6-21-39)51-31-14-12-28-47(51)55/h1-36H. The van der Waals surface area contributed by atoms with Gasteiger partial charge in [-0.2, -0.15) is 0 Å². The van der Waals surface area contributed by atoms with Gasteiger partial charge in [0.1, 0.15) is 5.58 Å². The highest BCUT2D eigenvalue weighted by Crippen LogP contribution is 2.65. The number of hydrogen-bond donors (Lipinski definition) is 0. The van der Waals surface area contributed by atoms with Crippen LogP contribution in [0.2, 0.25) is 0 Å². The quantitative estimate of drug-likeness (QED) is 0.175. The molecule has 0 N–H and O–H groups in total. The minimum Gasteiger partial charge on any atom is -0.464 e. The Labute approximate surface area is 337 Å². The number of hydrogen-bond acceptors (Lipinski definition) is 3. The molecule has 0 saturated heterocycles. The fraction of sp³-hybridized carbons (Fsp3) is 0.0182. The largest absolute Gasteiger partial charge is 0.464 e. The lowest BCUT2D eigenvalue weighted by molar-refractivity contribution is 0.617. The van der Waals surface area contributed by atoms with Crippen LogP contribution in [-0.2, 0) is 5.41 Å². The zero-order valence-corrected chi connectivity index (χ0v) is 31.6. The highest BCUT2D eigenvalue weighted by molar-refractivity contribution is 6.11. The van der Waals surface area contributed by atoms with Crippen molar-refractivity contribution in [2.24, 2.45) is 0 Å². The molecule has 2 heterocycles. The minimum absolute atomic E-state index is 0.559. The summed E-state index contributed by atoms with van der Waals surface area (Å²) in [6.07, 6.45) is 1.78. The zero-order valence-electron chi connectivity index (χ0n) is 31.6. The van der Waals surface area contributed by atoms with Crippen molar-refractivity contribution in [1.82, 2.24) is 0 Å². The molecule has 3 heteroatoms.